The van der Waals surface area contributed by atoms with Crippen molar-refractivity contribution in [1.29, 1.82) is 0 Å². The number of unbranched alkanes of at least 4 members (excludes halogenated alkanes) is 31. The predicted molar refractivity (Wildman–Crippen MR) is 205 cm³/mol. The van der Waals surface area contributed by atoms with Gasteiger partial charge in [-0.25, -0.2) is 0 Å². The molecule has 1 heterocycles. The van der Waals surface area contributed by atoms with Crippen molar-refractivity contribution in [2.75, 3.05) is 13.1 Å². The molecule has 1 aliphatic rings. The summed E-state index contributed by atoms with van der Waals surface area (Å²) in [6, 6.07) is 0. The fraction of sp³-hybridized carbons (Fsp3) is 0.953. The van der Waals surface area contributed by atoms with E-state index in [9.17, 15) is 0 Å². The van der Waals surface area contributed by atoms with Gasteiger partial charge in [0, 0.05) is 25.5 Å². The Labute approximate surface area is 286 Å². The normalized spacial score (nSPS) is 14.8. The maximum atomic E-state index is 2.71. The van der Waals surface area contributed by atoms with E-state index in [2.05, 4.69) is 43.0 Å². The van der Waals surface area contributed by atoms with Crippen molar-refractivity contribution in [3.05, 3.63) is 12.4 Å². The molecular weight excluding hydrogens is 544 g/mol. The van der Waals surface area contributed by atoms with Crippen LogP contribution in [0.2, 0.25) is 0 Å². The maximum absolute atomic E-state index is 2.71. The van der Waals surface area contributed by atoms with Crippen LogP contribution >= 0.6 is 0 Å². The van der Waals surface area contributed by atoms with Gasteiger partial charge in [0.15, 0.2) is 0 Å². The summed E-state index contributed by atoms with van der Waals surface area (Å²) in [6.07, 6.45) is 55.9. The van der Waals surface area contributed by atoms with Crippen molar-refractivity contribution in [3.8, 4) is 0 Å². The Hall–Kier alpha value is -0.660. The molecule has 45 heavy (non-hydrogen) atoms. The average molecular weight is 631 g/mol. The van der Waals surface area contributed by atoms with Crippen molar-refractivity contribution in [1.82, 2.24) is 9.80 Å². The Morgan fingerprint density at radius 1 is 0.289 bits per heavy atom. The zero-order valence-corrected chi connectivity index (χ0v) is 31.8. The molecule has 0 amide bonds. The topological polar surface area (TPSA) is 6.48 Å². The van der Waals surface area contributed by atoms with Crippen LogP contribution in [0.15, 0.2) is 12.4 Å². The summed E-state index contributed by atoms with van der Waals surface area (Å²) in [5.41, 5.74) is 0. The van der Waals surface area contributed by atoms with Gasteiger partial charge in [-0.1, -0.05) is 220 Å². The Kier molecular flexibility index (Phi) is 32.6. The van der Waals surface area contributed by atoms with Gasteiger partial charge in [0.05, 0.1) is 0 Å². The summed E-state index contributed by atoms with van der Waals surface area (Å²) in [5.74, 6) is 0. The lowest BCUT2D eigenvalue weighted by Gasteiger charge is -2.33. The molecule has 0 spiro atoms. The number of rotatable bonds is 37. The lowest BCUT2D eigenvalue weighted by atomic mass is 10.0. The molecule has 0 aromatic carbocycles. The monoisotopic (exact) mass is 631 g/mol. The highest BCUT2D eigenvalue weighted by molar-refractivity contribution is 4.97. The standard InChI is InChI=1S/C43H86N2/c1-4-7-10-13-15-17-19-21-22-23-25-27-29-31-34-37-40-45-42-41-44(43(45)38-35-32-12-9-6-3)39-36-33-30-28-26-24-20-18-16-14-11-8-5-2/h41-43H,4-40H2,1-3H3. The third-order valence-corrected chi connectivity index (χ3v) is 10.6. The zero-order valence-electron chi connectivity index (χ0n) is 31.8. The molecule has 0 radical (unpaired) electrons. The molecule has 1 atom stereocenters. The molecule has 2 nitrogen and oxygen atoms in total. The molecule has 268 valence electrons. The van der Waals surface area contributed by atoms with Gasteiger partial charge < -0.3 is 9.80 Å². The molecule has 0 aliphatic carbocycles. The molecule has 0 bridgehead atoms. The second kappa shape index (κ2) is 34.7. The van der Waals surface area contributed by atoms with E-state index < -0.39 is 0 Å². The van der Waals surface area contributed by atoms with Crippen LogP contribution in [0.5, 0.6) is 0 Å². The minimum absolute atomic E-state index is 0.639. The fourth-order valence-corrected chi connectivity index (χ4v) is 7.42. The molecule has 2 heteroatoms. The van der Waals surface area contributed by atoms with Gasteiger partial charge in [-0.2, -0.15) is 0 Å². The van der Waals surface area contributed by atoms with Crippen LogP contribution < -0.4 is 0 Å². The number of hydrogen-bond donors (Lipinski definition) is 0. The summed E-state index contributed by atoms with van der Waals surface area (Å²) in [6.45, 7) is 9.49. The first-order chi connectivity index (χ1) is 22.3. The Bertz CT molecular complexity index is 586. The van der Waals surface area contributed by atoms with Crippen LogP contribution in [0, 0.1) is 0 Å². The Morgan fingerprint density at radius 2 is 0.511 bits per heavy atom. The van der Waals surface area contributed by atoms with E-state index in [1.807, 2.05) is 0 Å². The number of hydrogen-bond acceptors (Lipinski definition) is 2. The molecule has 0 saturated carbocycles. The van der Waals surface area contributed by atoms with E-state index in [0.717, 1.165) is 0 Å². The fourth-order valence-electron chi connectivity index (χ4n) is 7.42. The van der Waals surface area contributed by atoms with Crippen LogP contribution in [-0.2, 0) is 0 Å². The quantitative estimate of drug-likeness (QED) is 0.0630. The van der Waals surface area contributed by atoms with Crippen molar-refractivity contribution < 1.29 is 0 Å². The van der Waals surface area contributed by atoms with Crippen molar-refractivity contribution >= 4 is 0 Å². The highest BCUT2D eigenvalue weighted by atomic mass is 15.4. The van der Waals surface area contributed by atoms with E-state index in [1.165, 1.54) is 238 Å². The van der Waals surface area contributed by atoms with Gasteiger partial charge in [-0.05, 0) is 25.7 Å². The molecular formula is C43H86N2. The Balaban J connectivity index is 2.09. The van der Waals surface area contributed by atoms with Gasteiger partial charge in [0.1, 0.15) is 6.17 Å². The van der Waals surface area contributed by atoms with E-state index in [0.29, 0.717) is 6.17 Å². The largest absolute Gasteiger partial charge is 0.356 e. The number of nitrogens with zero attached hydrogens (tertiary/aromatic N) is 2. The van der Waals surface area contributed by atoms with E-state index in [4.69, 9.17) is 0 Å². The van der Waals surface area contributed by atoms with Gasteiger partial charge in [0.25, 0.3) is 0 Å². The molecule has 0 aromatic heterocycles. The maximum Gasteiger partial charge on any atom is 0.101 e. The molecule has 1 aliphatic heterocycles. The highest BCUT2D eigenvalue weighted by Crippen LogP contribution is 2.24. The van der Waals surface area contributed by atoms with Gasteiger partial charge in [-0.3, -0.25) is 0 Å². The smallest absolute Gasteiger partial charge is 0.101 e. The second-order valence-corrected chi connectivity index (χ2v) is 15.0. The minimum atomic E-state index is 0.639. The van der Waals surface area contributed by atoms with Crippen molar-refractivity contribution in [2.45, 2.75) is 252 Å². The van der Waals surface area contributed by atoms with Crippen LogP contribution in [0.25, 0.3) is 0 Å². The third kappa shape index (κ3) is 27.0. The van der Waals surface area contributed by atoms with E-state index in [-0.39, 0.29) is 0 Å². The molecule has 0 fully saturated rings. The minimum Gasteiger partial charge on any atom is -0.356 e. The molecule has 0 N–H and O–H groups in total. The molecule has 1 unspecified atom stereocenters. The van der Waals surface area contributed by atoms with Crippen molar-refractivity contribution in [3.63, 3.8) is 0 Å². The lowest BCUT2D eigenvalue weighted by Crippen LogP contribution is -2.39. The van der Waals surface area contributed by atoms with E-state index in [1.54, 1.807) is 0 Å². The first-order valence-corrected chi connectivity index (χ1v) is 21.5. The highest BCUT2D eigenvalue weighted by Gasteiger charge is 2.24. The second-order valence-electron chi connectivity index (χ2n) is 15.0. The lowest BCUT2D eigenvalue weighted by molar-refractivity contribution is 0.135. The average Bonchev–Trinajstić information content (AvgIpc) is 3.43. The van der Waals surface area contributed by atoms with Crippen LogP contribution in [0.1, 0.15) is 245 Å². The zero-order chi connectivity index (χ0) is 32.3. The molecule has 0 saturated heterocycles. The Morgan fingerprint density at radius 3 is 0.778 bits per heavy atom. The first kappa shape index (κ1) is 42.4. The SMILES string of the molecule is CCCCCCCCCCCCCCCCCCN1C=CN(CCCCCCCCCCCCCCC)C1CCCCCCC. The third-order valence-electron chi connectivity index (χ3n) is 10.6. The van der Waals surface area contributed by atoms with Crippen molar-refractivity contribution in [2.24, 2.45) is 0 Å². The molecule has 0 aromatic rings. The summed E-state index contributed by atoms with van der Waals surface area (Å²) in [4.78, 5) is 5.43. The van der Waals surface area contributed by atoms with Crippen LogP contribution in [0.3, 0.4) is 0 Å². The predicted octanol–water partition coefficient (Wildman–Crippen LogP) is 15.1. The summed E-state index contributed by atoms with van der Waals surface area (Å²) in [7, 11) is 0. The van der Waals surface area contributed by atoms with Gasteiger partial charge in [-0.15, -0.1) is 0 Å². The van der Waals surface area contributed by atoms with Gasteiger partial charge >= 0.3 is 0 Å². The summed E-state index contributed by atoms with van der Waals surface area (Å²) in [5, 5.41) is 0. The van der Waals surface area contributed by atoms with E-state index >= 15 is 0 Å². The summed E-state index contributed by atoms with van der Waals surface area (Å²) >= 11 is 0. The van der Waals surface area contributed by atoms with Crippen LogP contribution in [0.4, 0.5) is 0 Å². The molecule has 1 rings (SSSR count). The first-order valence-electron chi connectivity index (χ1n) is 21.5. The van der Waals surface area contributed by atoms with Crippen LogP contribution in [-0.4, -0.2) is 29.1 Å². The summed E-state index contributed by atoms with van der Waals surface area (Å²) < 4.78 is 0. The van der Waals surface area contributed by atoms with Gasteiger partial charge in [0.2, 0.25) is 0 Å².